The van der Waals surface area contributed by atoms with E-state index in [4.69, 9.17) is 4.74 Å². The third kappa shape index (κ3) is 5.89. The van der Waals surface area contributed by atoms with Gasteiger partial charge in [-0.3, -0.25) is 9.52 Å². The third-order valence-electron chi connectivity index (χ3n) is 5.61. The van der Waals surface area contributed by atoms with Crippen LogP contribution in [0.3, 0.4) is 0 Å². The SMILES string of the molecule is CC(OCc1ccccc1)C(=O)N1CCN(c2ccc(S(=O)(=O)Nc3ccncn3)cc2)CC1. The molecule has 4 rings (SSSR count). The zero-order valence-electron chi connectivity index (χ0n) is 18.9. The predicted molar refractivity (Wildman–Crippen MR) is 129 cm³/mol. The molecule has 1 atom stereocenters. The van der Waals surface area contributed by atoms with Crippen LogP contribution in [-0.2, 0) is 26.2 Å². The van der Waals surface area contributed by atoms with Crippen LogP contribution in [-0.4, -0.2) is 61.5 Å². The zero-order chi connectivity index (χ0) is 24.0. The summed E-state index contributed by atoms with van der Waals surface area (Å²) in [7, 11) is -3.74. The Morgan fingerprint density at radius 3 is 2.38 bits per heavy atom. The quantitative estimate of drug-likeness (QED) is 0.527. The van der Waals surface area contributed by atoms with Crippen LogP contribution in [0.1, 0.15) is 12.5 Å². The average molecular weight is 482 g/mol. The number of benzene rings is 2. The van der Waals surface area contributed by atoms with Gasteiger partial charge in [-0.2, -0.15) is 0 Å². The minimum atomic E-state index is -3.74. The summed E-state index contributed by atoms with van der Waals surface area (Å²) in [5.41, 5.74) is 1.94. The van der Waals surface area contributed by atoms with E-state index in [-0.39, 0.29) is 16.6 Å². The highest BCUT2D eigenvalue weighted by atomic mass is 32.2. The Bertz CT molecular complexity index is 1180. The normalized spacial score (nSPS) is 15.1. The number of amides is 1. The molecule has 10 heteroatoms. The van der Waals surface area contributed by atoms with E-state index in [0.29, 0.717) is 32.8 Å². The fraction of sp³-hybridized carbons (Fsp3) is 0.292. The number of carbonyl (C=O) groups excluding carboxylic acids is 1. The maximum absolute atomic E-state index is 12.8. The van der Waals surface area contributed by atoms with Gasteiger partial charge in [0, 0.05) is 38.1 Å². The van der Waals surface area contributed by atoms with Crippen molar-refractivity contribution in [3.63, 3.8) is 0 Å². The number of nitrogens with one attached hydrogen (secondary N) is 1. The number of hydrogen-bond acceptors (Lipinski definition) is 7. The first-order chi connectivity index (χ1) is 16.4. The lowest BCUT2D eigenvalue weighted by Gasteiger charge is -2.37. The van der Waals surface area contributed by atoms with Crippen LogP contribution >= 0.6 is 0 Å². The van der Waals surface area contributed by atoms with Gasteiger partial charge in [-0.1, -0.05) is 30.3 Å². The summed E-state index contributed by atoms with van der Waals surface area (Å²) in [6.07, 6.45) is 2.23. The third-order valence-corrected chi connectivity index (χ3v) is 6.99. The molecular formula is C24H27N5O4S. The van der Waals surface area contributed by atoms with Crippen LogP contribution in [0.2, 0.25) is 0 Å². The van der Waals surface area contributed by atoms with Gasteiger partial charge in [-0.05, 0) is 42.8 Å². The molecule has 2 heterocycles. The lowest BCUT2D eigenvalue weighted by Crippen LogP contribution is -2.51. The van der Waals surface area contributed by atoms with Gasteiger partial charge in [0.1, 0.15) is 18.2 Å². The summed E-state index contributed by atoms with van der Waals surface area (Å²) in [5, 5.41) is 0. The number of nitrogens with zero attached hydrogens (tertiary/aromatic N) is 4. The topological polar surface area (TPSA) is 105 Å². The van der Waals surface area contributed by atoms with Gasteiger partial charge in [0.2, 0.25) is 0 Å². The van der Waals surface area contributed by atoms with Gasteiger partial charge in [0.25, 0.3) is 15.9 Å². The molecule has 0 saturated carbocycles. The molecule has 1 aromatic heterocycles. The van der Waals surface area contributed by atoms with Crippen molar-refractivity contribution in [3.8, 4) is 0 Å². The van der Waals surface area contributed by atoms with Crippen molar-refractivity contribution in [1.82, 2.24) is 14.9 Å². The predicted octanol–water partition coefficient (Wildman–Crippen LogP) is 2.53. The van der Waals surface area contributed by atoms with Crippen LogP contribution < -0.4 is 9.62 Å². The highest BCUT2D eigenvalue weighted by Crippen LogP contribution is 2.21. The van der Waals surface area contributed by atoms with E-state index >= 15 is 0 Å². The maximum Gasteiger partial charge on any atom is 0.263 e. The zero-order valence-corrected chi connectivity index (χ0v) is 19.7. The average Bonchev–Trinajstić information content (AvgIpc) is 2.88. The van der Waals surface area contributed by atoms with Crippen molar-refractivity contribution >= 4 is 27.4 Å². The molecule has 3 aromatic rings. The van der Waals surface area contributed by atoms with Crippen molar-refractivity contribution in [2.45, 2.75) is 24.5 Å². The lowest BCUT2D eigenvalue weighted by atomic mass is 10.2. The number of rotatable bonds is 8. The van der Waals surface area contributed by atoms with Gasteiger partial charge < -0.3 is 14.5 Å². The number of hydrogen-bond donors (Lipinski definition) is 1. The van der Waals surface area contributed by atoms with E-state index in [1.54, 1.807) is 31.2 Å². The summed E-state index contributed by atoms with van der Waals surface area (Å²) in [5.74, 6) is 0.190. The molecule has 1 aliphatic rings. The Labute approximate surface area is 199 Å². The van der Waals surface area contributed by atoms with E-state index in [0.717, 1.165) is 11.3 Å². The van der Waals surface area contributed by atoms with Crippen LogP contribution in [0, 0.1) is 0 Å². The molecule has 178 valence electrons. The van der Waals surface area contributed by atoms with Crippen LogP contribution in [0.5, 0.6) is 0 Å². The molecule has 1 fully saturated rings. The van der Waals surface area contributed by atoms with Gasteiger partial charge in [0.15, 0.2) is 0 Å². The molecular weight excluding hydrogens is 454 g/mol. The smallest absolute Gasteiger partial charge is 0.263 e. The molecule has 0 radical (unpaired) electrons. The van der Waals surface area contributed by atoms with E-state index < -0.39 is 16.1 Å². The van der Waals surface area contributed by atoms with E-state index in [2.05, 4.69) is 19.6 Å². The largest absolute Gasteiger partial charge is 0.368 e. The molecule has 0 aliphatic carbocycles. The number of ether oxygens (including phenoxy) is 1. The Morgan fingerprint density at radius 1 is 1.03 bits per heavy atom. The Kier molecular flexibility index (Phi) is 7.39. The molecule has 1 saturated heterocycles. The first kappa shape index (κ1) is 23.7. The fourth-order valence-electron chi connectivity index (χ4n) is 3.69. The van der Waals surface area contributed by atoms with Gasteiger partial charge in [0.05, 0.1) is 11.5 Å². The minimum Gasteiger partial charge on any atom is -0.368 e. The van der Waals surface area contributed by atoms with E-state index in [1.807, 2.05) is 35.2 Å². The maximum atomic E-state index is 12.8. The highest BCUT2D eigenvalue weighted by Gasteiger charge is 2.26. The second-order valence-electron chi connectivity index (χ2n) is 7.95. The molecule has 1 amide bonds. The van der Waals surface area contributed by atoms with E-state index in [9.17, 15) is 13.2 Å². The van der Waals surface area contributed by atoms with Gasteiger partial charge in [-0.15, -0.1) is 0 Å². The van der Waals surface area contributed by atoms with Crippen LogP contribution in [0.4, 0.5) is 11.5 Å². The van der Waals surface area contributed by atoms with Crippen LogP contribution in [0.25, 0.3) is 0 Å². The Morgan fingerprint density at radius 2 is 1.74 bits per heavy atom. The van der Waals surface area contributed by atoms with Crippen LogP contribution in [0.15, 0.2) is 78.1 Å². The number of aromatic nitrogens is 2. The summed E-state index contributed by atoms with van der Waals surface area (Å²) in [6, 6.07) is 17.9. The summed E-state index contributed by atoms with van der Waals surface area (Å²) >= 11 is 0. The first-order valence-corrected chi connectivity index (χ1v) is 12.5. The molecule has 34 heavy (non-hydrogen) atoms. The molecule has 0 bridgehead atoms. The first-order valence-electron chi connectivity index (χ1n) is 11.0. The summed E-state index contributed by atoms with van der Waals surface area (Å²) in [4.78, 5) is 24.5. The second-order valence-corrected chi connectivity index (χ2v) is 9.63. The molecule has 1 unspecified atom stereocenters. The number of sulfonamides is 1. The number of anilines is 2. The number of piperazine rings is 1. The summed E-state index contributed by atoms with van der Waals surface area (Å²) < 4.78 is 33.3. The van der Waals surface area contributed by atoms with Gasteiger partial charge >= 0.3 is 0 Å². The Hall–Kier alpha value is -3.50. The van der Waals surface area contributed by atoms with Crippen molar-refractivity contribution in [2.75, 3.05) is 35.8 Å². The Balaban J connectivity index is 1.29. The molecule has 9 nitrogen and oxygen atoms in total. The van der Waals surface area contributed by atoms with Gasteiger partial charge in [-0.25, -0.2) is 18.4 Å². The molecule has 0 spiro atoms. The number of carbonyl (C=O) groups is 1. The minimum absolute atomic E-state index is 0.0205. The molecule has 1 N–H and O–H groups in total. The molecule has 2 aromatic carbocycles. The van der Waals surface area contributed by atoms with E-state index in [1.165, 1.54) is 18.6 Å². The lowest BCUT2D eigenvalue weighted by molar-refractivity contribution is -0.143. The monoisotopic (exact) mass is 481 g/mol. The van der Waals surface area contributed by atoms with Crippen molar-refractivity contribution in [1.29, 1.82) is 0 Å². The summed E-state index contributed by atoms with van der Waals surface area (Å²) in [6.45, 7) is 4.65. The fourth-order valence-corrected chi connectivity index (χ4v) is 4.70. The van der Waals surface area contributed by atoms with Crippen molar-refractivity contribution in [3.05, 3.63) is 78.8 Å². The van der Waals surface area contributed by atoms with Crippen molar-refractivity contribution < 1.29 is 17.9 Å². The van der Waals surface area contributed by atoms with Crippen molar-refractivity contribution in [2.24, 2.45) is 0 Å². The second kappa shape index (κ2) is 10.6. The standard InChI is InChI=1S/C24H27N5O4S/c1-19(33-17-20-5-3-2-4-6-20)24(30)29-15-13-28(14-16-29)21-7-9-22(10-8-21)34(31,32)27-23-11-12-25-18-26-23/h2-12,18-19H,13-17H2,1H3,(H,25,26,27). The molecule has 1 aliphatic heterocycles. The highest BCUT2D eigenvalue weighted by molar-refractivity contribution is 7.92.